The summed E-state index contributed by atoms with van der Waals surface area (Å²) in [4.78, 5) is 4.26. The first-order valence-corrected chi connectivity index (χ1v) is 7.13. The van der Waals surface area contributed by atoms with Crippen molar-refractivity contribution in [2.24, 2.45) is 0 Å². The molecule has 1 fully saturated rings. The molecule has 112 valence electrons. The van der Waals surface area contributed by atoms with Gasteiger partial charge in [-0.05, 0) is 25.6 Å². The van der Waals surface area contributed by atoms with E-state index < -0.39 is 0 Å². The lowest BCUT2D eigenvalue weighted by atomic mass is 9.82. The molecule has 1 unspecified atom stereocenters. The van der Waals surface area contributed by atoms with E-state index in [4.69, 9.17) is 14.2 Å². The summed E-state index contributed by atoms with van der Waals surface area (Å²) in [6, 6.07) is 2.10. The van der Waals surface area contributed by atoms with Crippen molar-refractivity contribution in [1.29, 1.82) is 0 Å². The van der Waals surface area contributed by atoms with Crippen molar-refractivity contribution in [2.75, 3.05) is 34.0 Å². The molecule has 20 heavy (non-hydrogen) atoms. The minimum atomic E-state index is -0.240. The molecule has 0 aliphatic carbocycles. The molecule has 1 saturated heterocycles. The number of rotatable bonds is 6. The Morgan fingerprint density at radius 2 is 2.15 bits per heavy atom. The van der Waals surface area contributed by atoms with E-state index in [1.165, 1.54) is 0 Å². The smallest absolute Gasteiger partial charge is 0.137 e. The highest BCUT2D eigenvalue weighted by Crippen LogP contribution is 2.38. The quantitative estimate of drug-likeness (QED) is 0.863. The largest absolute Gasteiger partial charge is 0.495 e. The third-order valence-electron chi connectivity index (χ3n) is 3.89. The number of aromatic nitrogens is 1. The standard InChI is InChI=1S/C15H24N2O3/c1-4-20-15(5-7-19-8-6-15)14(16-2)12-9-13(18-3)11-17-10-12/h9-11,14,16H,4-8H2,1-3H3. The maximum Gasteiger partial charge on any atom is 0.137 e. The Kier molecular flexibility index (Phi) is 5.34. The van der Waals surface area contributed by atoms with Gasteiger partial charge >= 0.3 is 0 Å². The van der Waals surface area contributed by atoms with Crippen LogP contribution in [0.15, 0.2) is 18.5 Å². The minimum absolute atomic E-state index is 0.0777. The average Bonchev–Trinajstić information content (AvgIpc) is 2.49. The summed E-state index contributed by atoms with van der Waals surface area (Å²) in [7, 11) is 3.61. The number of pyridine rings is 1. The van der Waals surface area contributed by atoms with Gasteiger partial charge in [-0.25, -0.2) is 0 Å². The van der Waals surface area contributed by atoms with Crippen LogP contribution in [0.4, 0.5) is 0 Å². The van der Waals surface area contributed by atoms with E-state index >= 15 is 0 Å². The second kappa shape index (κ2) is 7.02. The normalized spacial score (nSPS) is 19.6. The summed E-state index contributed by atoms with van der Waals surface area (Å²) in [5.74, 6) is 0.765. The zero-order valence-electron chi connectivity index (χ0n) is 12.5. The lowest BCUT2D eigenvalue weighted by Gasteiger charge is -2.43. The number of nitrogens with one attached hydrogen (secondary N) is 1. The second-order valence-electron chi connectivity index (χ2n) is 4.99. The van der Waals surface area contributed by atoms with Crippen molar-refractivity contribution in [3.05, 3.63) is 24.0 Å². The first-order chi connectivity index (χ1) is 9.75. The molecule has 1 aliphatic rings. The van der Waals surface area contributed by atoms with Crippen molar-refractivity contribution in [1.82, 2.24) is 10.3 Å². The first kappa shape index (κ1) is 15.2. The van der Waals surface area contributed by atoms with Crippen LogP contribution in [-0.4, -0.2) is 44.6 Å². The van der Waals surface area contributed by atoms with E-state index in [0.29, 0.717) is 6.61 Å². The van der Waals surface area contributed by atoms with Gasteiger partial charge in [-0.15, -0.1) is 0 Å². The van der Waals surface area contributed by atoms with Crippen LogP contribution in [0.2, 0.25) is 0 Å². The molecule has 0 radical (unpaired) electrons. The van der Waals surface area contributed by atoms with Crippen LogP contribution in [0, 0.1) is 0 Å². The fourth-order valence-corrected chi connectivity index (χ4v) is 2.96. The predicted octanol–water partition coefficient (Wildman–Crippen LogP) is 1.94. The lowest BCUT2D eigenvalue weighted by Crippen LogP contribution is -2.49. The molecule has 1 atom stereocenters. The molecule has 2 heterocycles. The lowest BCUT2D eigenvalue weighted by molar-refractivity contribution is -0.127. The predicted molar refractivity (Wildman–Crippen MR) is 77.0 cm³/mol. The van der Waals surface area contributed by atoms with Crippen LogP contribution < -0.4 is 10.1 Å². The topological polar surface area (TPSA) is 52.6 Å². The van der Waals surface area contributed by atoms with Crippen LogP contribution in [0.1, 0.15) is 31.4 Å². The van der Waals surface area contributed by atoms with Gasteiger partial charge in [0.15, 0.2) is 0 Å². The minimum Gasteiger partial charge on any atom is -0.495 e. The molecule has 1 aromatic rings. The molecule has 1 N–H and O–H groups in total. The van der Waals surface area contributed by atoms with Gasteiger partial charge in [-0.2, -0.15) is 0 Å². The Balaban J connectivity index is 2.31. The summed E-state index contributed by atoms with van der Waals surface area (Å²) in [6.45, 7) is 4.19. The van der Waals surface area contributed by atoms with Gasteiger partial charge in [0.2, 0.25) is 0 Å². The van der Waals surface area contributed by atoms with Gasteiger partial charge in [0.1, 0.15) is 5.75 Å². The maximum atomic E-state index is 6.14. The number of hydrogen-bond acceptors (Lipinski definition) is 5. The molecule has 2 rings (SSSR count). The van der Waals surface area contributed by atoms with Crippen LogP contribution in [-0.2, 0) is 9.47 Å². The van der Waals surface area contributed by atoms with E-state index in [1.54, 1.807) is 13.3 Å². The Bertz CT molecular complexity index is 414. The van der Waals surface area contributed by atoms with Crippen molar-refractivity contribution >= 4 is 0 Å². The van der Waals surface area contributed by atoms with Gasteiger partial charge < -0.3 is 19.5 Å². The zero-order chi connectivity index (χ0) is 14.4. The average molecular weight is 280 g/mol. The van der Waals surface area contributed by atoms with Gasteiger partial charge in [0.05, 0.1) is 24.9 Å². The molecule has 1 aliphatic heterocycles. The summed E-state index contributed by atoms with van der Waals surface area (Å²) >= 11 is 0. The molecule has 0 spiro atoms. The van der Waals surface area contributed by atoms with E-state index in [1.807, 2.05) is 26.2 Å². The molecule has 0 bridgehead atoms. The van der Waals surface area contributed by atoms with Crippen LogP contribution >= 0.6 is 0 Å². The third-order valence-corrected chi connectivity index (χ3v) is 3.89. The van der Waals surface area contributed by atoms with Gasteiger partial charge in [0, 0.05) is 38.9 Å². The number of nitrogens with zero attached hydrogens (tertiary/aromatic N) is 1. The maximum absolute atomic E-state index is 6.14. The zero-order valence-corrected chi connectivity index (χ0v) is 12.5. The molecule has 0 saturated carbocycles. The van der Waals surface area contributed by atoms with Crippen LogP contribution in [0.3, 0.4) is 0 Å². The third kappa shape index (κ3) is 3.11. The summed E-state index contributed by atoms with van der Waals surface area (Å²) in [5, 5.41) is 3.39. The Hall–Kier alpha value is -1.17. The highest BCUT2D eigenvalue weighted by molar-refractivity contribution is 5.28. The number of methoxy groups -OCH3 is 1. The van der Waals surface area contributed by atoms with Crippen LogP contribution in [0.5, 0.6) is 5.75 Å². The summed E-state index contributed by atoms with van der Waals surface area (Å²) in [6.07, 6.45) is 5.35. The fourth-order valence-electron chi connectivity index (χ4n) is 2.96. The second-order valence-corrected chi connectivity index (χ2v) is 4.99. The van der Waals surface area contributed by atoms with Crippen molar-refractivity contribution in [3.63, 3.8) is 0 Å². The van der Waals surface area contributed by atoms with Crippen molar-refractivity contribution < 1.29 is 14.2 Å². The first-order valence-electron chi connectivity index (χ1n) is 7.13. The van der Waals surface area contributed by atoms with Gasteiger partial charge in [-0.3, -0.25) is 4.98 Å². The van der Waals surface area contributed by atoms with E-state index in [-0.39, 0.29) is 11.6 Å². The molecule has 5 nitrogen and oxygen atoms in total. The monoisotopic (exact) mass is 280 g/mol. The molecular weight excluding hydrogens is 256 g/mol. The summed E-state index contributed by atoms with van der Waals surface area (Å²) in [5.41, 5.74) is 0.845. The number of likely N-dealkylation sites (N-methyl/N-ethyl adjacent to an activating group) is 1. The Morgan fingerprint density at radius 3 is 2.75 bits per heavy atom. The molecular formula is C15H24N2O3. The molecule has 1 aromatic heterocycles. The summed E-state index contributed by atoms with van der Waals surface area (Å²) < 4.78 is 16.9. The highest BCUT2D eigenvalue weighted by atomic mass is 16.5. The highest BCUT2D eigenvalue weighted by Gasteiger charge is 2.41. The van der Waals surface area contributed by atoms with E-state index in [9.17, 15) is 0 Å². The van der Waals surface area contributed by atoms with Crippen molar-refractivity contribution in [2.45, 2.75) is 31.4 Å². The Morgan fingerprint density at radius 1 is 1.40 bits per heavy atom. The number of ether oxygens (including phenoxy) is 3. The number of hydrogen-bond donors (Lipinski definition) is 1. The SMILES string of the molecule is CCOC1(C(NC)c2cncc(OC)c2)CCOCC1. The molecule has 0 amide bonds. The van der Waals surface area contributed by atoms with Gasteiger partial charge in [-0.1, -0.05) is 0 Å². The Labute approximate surface area is 120 Å². The van der Waals surface area contributed by atoms with Gasteiger partial charge in [0.25, 0.3) is 0 Å². The van der Waals surface area contributed by atoms with Crippen molar-refractivity contribution in [3.8, 4) is 5.75 Å². The fraction of sp³-hybridized carbons (Fsp3) is 0.667. The molecule has 0 aromatic carbocycles. The van der Waals surface area contributed by atoms with Crippen LogP contribution in [0.25, 0.3) is 0 Å². The molecule has 5 heteroatoms. The van der Waals surface area contributed by atoms with E-state index in [0.717, 1.165) is 37.4 Å². The van der Waals surface area contributed by atoms with E-state index in [2.05, 4.69) is 10.3 Å².